The SMILES string of the molecule is CC(=O)Nc1ccc(NC(=O)C2(c3cccc(Br)c3)CC2)cc1. The summed E-state index contributed by atoms with van der Waals surface area (Å²) < 4.78 is 0.980. The molecule has 3 rings (SSSR count). The van der Waals surface area contributed by atoms with Gasteiger partial charge in [-0.05, 0) is 54.8 Å². The Kier molecular flexibility index (Phi) is 4.22. The summed E-state index contributed by atoms with van der Waals surface area (Å²) in [6.07, 6.45) is 1.72. The molecule has 0 aromatic heterocycles. The van der Waals surface area contributed by atoms with Gasteiger partial charge in [0.1, 0.15) is 0 Å². The molecule has 2 N–H and O–H groups in total. The Morgan fingerprint density at radius 2 is 1.61 bits per heavy atom. The van der Waals surface area contributed by atoms with Crippen LogP contribution in [0.15, 0.2) is 53.0 Å². The Balaban J connectivity index is 1.73. The first-order valence-electron chi connectivity index (χ1n) is 7.45. The number of halogens is 1. The first kappa shape index (κ1) is 15.7. The van der Waals surface area contributed by atoms with E-state index in [2.05, 4.69) is 26.6 Å². The number of hydrogen-bond donors (Lipinski definition) is 2. The molecule has 0 atom stereocenters. The molecule has 0 bridgehead atoms. The fourth-order valence-corrected chi connectivity index (χ4v) is 3.05. The van der Waals surface area contributed by atoms with Crippen molar-refractivity contribution in [2.45, 2.75) is 25.2 Å². The highest BCUT2D eigenvalue weighted by Crippen LogP contribution is 2.49. The highest BCUT2D eigenvalue weighted by atomic mass is 79.9. The molecule has 0 unspecified atom stereocenters. The highest BCUT2D eigenvalue weighted by molar-refractivity contribution is 9.10. The van der Waals surface area contributed by atoms with Crippen molar-refractivity contribution >= 4 is 39.1 Å². The van der Waals surface area contributed by atoms with Gasteiger partial charge in [-0.3, -0.25) is 9.59 Å². The maximum absolute atomic E-state index is 12.7. The predicted molar refractivity (Wildman–Crippen MR) is 94.4 cm³/mol. The van der Waals surface area contributed by atoms with Gasteiger partial charge < -0.3 is 10.6 Å². The second-order valence-corrected chi connectivity index (χ2v) is 6.72. The Bertz CT molecular complexity index is 752. The van der Waals surface area contributed by atoms with Gasteiger partial charge in [0.2, 0.25) is 11.8 Å². The van der Waals surface area contributed by atoms with Gasteiger partial charge in [-0.2, -0.15) is 0 Å². The van der Waals surface area contributed by atoms with E-state index in [4.69, 9.17) is 0 Å². The zero-order chi connectivity index (χ0) is 16.4. The van der Waals surface area contributed by atoms with E-state index >= 15 is 0 Å². The molecule has 1 fully saturated rings. The zero-order valence-electron chi connectivity index (χ0n) is 12.7. The quantitative estimate of drug-likeness (QED) is 0.849. The van der Waals surface area contributed by atoms with Crippen molar-refractivity contribution in [3.05, 3.63) is 58.6 Å². The summed E-state index contributed by atoms with van der Waals surface area (Å²) >= 11 is 3.46. The van der Waals surface area contributed by atoms with Crippen molar-refractivity contribution in [1.29, 1.82) is 0 Å². The molecular formula is C18H17BrN2O2. The molecule has 4 nitrogen and oxygen atoms in total. The monoisotopic (exact) mass is 372 g/mol. The summed E-state index contributed by atoms with van der Waals surface area (Å²) in [6, 6.07) is 15.0. The van der Waals surface area contributed by atoms with Crippen molar-refractivity contribution in [1.82, 2.24) is 0 Å². The minimum atomic E-state index is -0.417. The van der Waals surface area contributed by atoms with Gasteiger partial charge in [0.25, 0.3) is 0 Å². The first-order chi connectivity index (χ1) is 11.0. The van der Waals surface area contributed by atoms with Gasteiger partial charge >= 0.3 is 0 Å². The van der Waals surface area contributed by atoms with E-state index in [-0.39, 0.29) is 11.8 Å². The molecule has 118 valence electrons. The van der Waals surface area contributed by atoms with E-state index in [9.17, 15) is 9.59 Å². The number of nitrogens with one attached hydrogen (secondary N) is 2. The van der Waals surface area contributed by atoms with Crippen molar-refractivity contribution in [3.63, 3.8) is 0 Å². The van der Waals surface area contributed by atoms with Crippen LogP contribution in [0.5, 0.6) is 0 Å². The molecule has 2 aromatic carbocycles. The van der Waals surface area contributed by atoms with Gasteiger partial charge in [0, 0.05) is 22.8 Å². The minimum Gasteiger partial charge on any atom is -0.326 e. The Morgan fingerprint density at radius 3 is 2.13 bits per heavy atom. The summed E-state index contributed by atoms with van der Waals surface area (Å²) in [4.78, 5) is 23.7. The van der Waals surface area contributed by atoms with Gasteiger partial charge in [-0.25, -0.2) is 0 Å². The number of rotatable bonds is 4. The first-order valence-corrected chi connectivity index (χ1v) is 8.24. The van der Waals surface area contributed by atoms with Crippen LogP contribution < -0.4 is 10.6 Å². The Hall–Kier alpha value is -2.14. The van der Waals surface area contributed by atoms with E-state index in [1.54, 1.807) is 24.3 Å². The maximum atomic E-state index is 12.7. The van der Waals surface area contributed by atoms with E-state index in [0.29, 0.717) is 5.69 Å². The molecule has 1 aliphatic rings. The standard InChI is InChI=1S/C18H17BrN2O2/c1-12(22)20-15-5-7-16(8-6-15)21-17(23)18(9-10-18)13-3-2-4-14(19)11-13/h2-8,11H,9-10H2,1H3,(H,20,22)(H,21,23). The normalized spacial score (nSPS) is 14.9. The van der Waals surface area contributed by atoms with Gasteiger partial charge in [-0.1, -0.05) is 28.1 Å². The van der Waals surface area contributed by atoms with Crippen LogP contribution >= 0.6 is 15.9 Å². The van der Waals surface area contributed by atoms with E-state index in [1.165, 1.54) is 6.92 Å². The lowest BCUT2D eigenvalue weighted by molar-refractivity contribution is -0.118. The lowest BCUT2D eigenvalue weighted by Gasteiger charge is -2.16. The van der Waals surface area contributed by atoms with E-state index in [0.717, 1.165) is 28.6 Å². The van der Waals surface area contributed by atoms with Crippen LogP contribution in [0.2, 0.25) is 0 Å². The summed E-state index contributed by atoms with van der Waals surface area (Å²) in [7, 11) is 0. The molecule has 0 radical (unpaired) electrons. The van der Waals surface area contributed by atoms with Crippen LogP contribution in [0, 0.1) is 0 Å². The van der Waals surface area contributed by atoms with Crippen molar-refractivity contribution in [3.8, 4) is 0 Å². The molecule has 0 aliphatic heterocycles. The zero-order valence-corrected chi connectivity index (χ0v) is 14.3. The largest absolute Gasteiger partial charge is 0.326 e. The van der Waals surface area contributed by atoms with Gasteiger partial charge in [0.05, 0.1) is 5.41 Å². The average Bonchev–Trinajstić information content (AvgIpc) is 3.30. The number of carbonyl (C=O) groups is 2. The molecular weight excluding hydrogens is 356 g/mol. The second-order valence-electron chi connectivity index (χ2n) is 5.81. The van der Waals surface area contributed by atoms with Crippen LogP contribution in [0.3, 0.4) is 0 Å². The van der Waals surface area contributed by atoms with Gasteiger partial charge in [0.15, 0.2) is 0 Å². The smallest absolute Gasteiger partial charge is 0.235 e. The third-order valence-electron chi connectivity index (χ3n) is 4.02. The molecule has 0 saturated heterocycles. The van der Waals surface area contributed by atoms with Gasteiger partial charge in [-0.15, -0.1) is 0 Å². The lowest BCUT2D eigenvalue weighted by Crippen LogP contribution is -2.27. The molecule has 0 spiro atoms. The third-order valence-corrected chi connectivity index (χ3v) is 4.52. The lowest BCUT2D eigenvalue weighted by atomic mass is 9.95. The molecule has 2 amide bonds. The Morgan fingerprint density at radius 1 is 1.00 bits per heavy atom. The van der Waals surface area contributed by atoms with Crippen molar-refractivity contribution in [2.75, 3.05) is 10.6 Å². The number of anilines is 2. The van der Waals surface area contributed by atoms with Crippen molar-refractivity contribution in [2.24, 2.45) is 0 Å². The fraction of sp³-hybridized carbons (Fsp3) is 0.222. The maximum Gasteiger partial charge on any atom is 0.235 e. The van der Waals surface area contributed by atoms with Crippen LogP contribution in [-0.4, -0.2) is 11.8 Å². The van der Waals surface area contributed by atoms with Crippen LogP contribution in [-0.2, 0) is 15.0 Å². The predicted octanol–water partition coefficient (Wildman–Crippen LogP) is 4.08. The molecule has 1 aliphatic carbocycles. The van der Waals surface area contributed by atoms with Crippen LogP contribution in [0.4, 0.5) is 11.4 Å². The van der Waals surface area contributed by atoms with Crippen LogP contribution in [0.25, 0.3) is 0 Å². The topological polar surface area (TPSA) is 58.2 Å². The molecule has 0 heterocycles. The third kappa shape index (κ3) is 3.45. The van der Waals surface area contributed by atoms with Crippen LogP contribution in [0.1, 0.15) is 25.3 Å². The van der Waals surface area contributed by atoms with E-state index < -0.39 is 5.41 Å². The number of hydrogen-bond acceptors (Lipinski definition) is 2. The molecule has 23 heavy (non-hydrogen) atoms. The molecule has 2 aromatic rings. The molecule has 1 saturated carbocycles. The Labute approximate surface area is 143 Å². The summed E-state index contributed by atoms with van der Waals surface area (Å²) in [6.45, 7) is 1.46. The second kappa shape index (κ2) is 6.16. The fourth-order valence-electron chi connectivity index (χ4n) is 2.65. The number of amides is 2. The minimum absolute atomic E-state index is 0.0166. The highest BCUT2D eigenvalue weighted by Gasteiger charge is 2.51. The van der Waals surface area contributed by atoms with Crippen molar-refractivity contribution < 1.29 is 9.59 Å². The number of carbonyl (C=O) groups excluding carboxylic acids is 2. The number of benzene rings is 2. The average molecular weight is 373 g/mol. The van der Waals surface area contributed by atoms with E-state index in [1.807, 2.05) is 24.3 Å². The summed E-state index contributed by atoms with van der Waals surface area (Å²) in [5.41, 5.74) is 2.06. The summed E-state index contributed by atoms with van der Waals surface area (Å²) in [5, 5.41) is 5.68. The molecule has 5 heteroatoms. The summed E-state index contributed by atoms with van der Waals surface area (Å²) in [5.74, 6) is -0.101.